The van der Waals surface area contributed by atoms with E-state index >= 15 is 0 Å². The standard InChI is InChI=1S/C17H22ClN3O2/c18-13-7-5-12(6-8-13)11-20-16(22)15-4-2-10-21(15)17(23)14-3-1-9-19-14/h5-8,14-15,19H,1-4,9-11H2,(H,20,22). The molecule has 0 spiro atoms. The van der Waals surface area contributed by atoms with Gasteiger partial charge in [0.2, 0.25) is 11.8 Å². The van der Waals surface area contributed by atoms with Gasteiger partial charge in [0.1, 0.15) is 6.04 Å². The second kappa shape index (κ2) is 7.32. The molecule has 3 rings (SSSR count). The third-order valence-electron chi connectivity index (χ3n) is 4.58. The molecule has 23 heavy (non-hydrogen) atoms. The average molecular weight is 336 g/mol. The van der Waals surface area contributed by atoms with Gasteiger partial charge in [-0.25, -0.2) is 0 Å². The van der Waals surface area contributed by atoms with Crippen LogP contribution in [0.2, 0.25) is 5.02 Å². The van der Waals surface area contributed by atoms with Crippen LogP contribution >= 0.6 is 11.6 Å². The maximum atomic E-state index is 12.5. The molecule has 2 fully saturated rings. The highest BCUT2D eigenvalue weighted by Crippen LogP contribution is 2.21. The molecule has 6 heteroatoms. The van der Waals surface area contributed by atoms with Crippen molar-refractivity contribution in [2.24, 2.45) is 0 Å². The fourth-order valence-corrected chi connectivity index (χ4v) is 3.43. The molecule has 1 aromatic rings. The lowest BCUT2D eigenvalue weighted by molar-refractivity contribution is -0.139. The maximum absolute atomic E-state index is 12.5. The predicted molar refractivity (Wildman–Crippen MR) is 89.1 cm³/mol. The van der Waals surface area contributed by atoms with Crippen molar-refractivity contribution in [2.45, 2.75) is 44.3 Å². The van der Waals surface area contributed by atoms with Crippen LogP contribution in [0.1, 0.15) is 31.2 Å². The highest BCUT2D eigenvalue weighted by molar-refractivity contribution is 6.30. The first-order valence-electron chi connectivity index (χ1n) is 8.21. The van der Waals surface area contributed by atoms with Crippen LogP contribution in [0, 0.1) is 0 Å². The zero-order valence-corrected chi connectivity index (χ0v) is 13.8. The summed E-state index contributed by atoms with van der Waals surface area (Å²) in [6.45, 7) is 2.02. The van der Waals surface area contributed by atoms with Crippen molar-refractivity contribution in [2.75, 3.05) is 13.1 Å². The molecule has 0 aromatic heterocycles. The van der Waals surface area contributed by atoms with E-state index in [2.05, 4.69) is 10.6 Å². The van der Waals surface area contributed by atoms with Crippen LogP contribution < -0.4 is 10.6 Å². The first-order chi connectivity index (χ1) is 11.1. The number of halogens is 1. The van der Waals surface area contributed by atoms with E-state index in [1.807, 2.05) is 12.1 Å². The Morgan fingerprint density at radius 3 is 2.70 bits per heavy atom. The topological polar surface area (TPSA) is 61.4 Å². The van der Waals surface area contributed by atoms with Crippen LogP contribution in [0.3, 0.4) is 0 Å². The molecule has 124 valence electrons. The van der Waals surface area contributed by atoms with E-state index in [0.717, 1.165) is 37.8 Å². The molecule has 2 atom stereocenters. The summed E-state index contributed by atoms with van der Waals surface area (Å²) in [5, 5.41) is 6.84. The van der Waals surface area contributed by atoms with Gasteiger partial charge in [-0.1, -0.05) is 23.7 Å². The molecule has 0 bridgehead atoms. The summed E-state index contributed by atoms with van der Waals surface area (Å²) in [5.74, 6) is 0.00967. The van der Waals surface area contributed by atoms with Gasteiger partial charge in [0.25, 0.3) is 0 Å². The van der Waals surface area contributed by atoms with Gasteiger partial charge in [0.15, 0.2) is 0 Å². The second-order valence-corrected chi connectivity index (χ2v) is 6.62. The van der Waals surface area contributed by atoms with Crippen molar-refractivity contribution < 1.29 is 9.59 Å². The zero-order chi connectivity index (χ0) is 16.2. The van der Waals surface area contributed by atoms with E-state index in [4.69, 9.17) is 11.6 Å². The monoisotopic (exact) mass is 335 g/mol. The Kier molecular flexibility index (Phi) is 5.18. The number of nitrogens with one attached hydrogen (secondary N) is 2. The van der Waals surface area contributed by atoms with E-state index in [0.29, 0.717) is 18.1 Å². The lowest BCUT2D eigenvalue weighted by Crippen LogP contribution is -2.50. The Hall–Kier alpha value is -1.59. The van der Waals surface area contributed by atoms with Crippen molar-refractivity contribution in [3.8, 4) is 0 Å². The number of amides is 2. The number of nitrogens with zero attached hydrogens (tertiary/aromatic N) is 1. The number of carbonyl (C=O) groups excluding carboxylic acids is 2. The molecule has 2 saturated heterocycles. The minimum Gasteiger partial charge on any atom is -0.350 e. The van der Waals surface area contributed by atoms with Gasteiger partial charge in [-0.05, 0) is 49.9 Å². The summed E-state index contributed by atoms with van der Waals surface area (Å²) in [6.07, 6.45) is 3.52. The number of hydrogen-bond donors (Lipinski definition) is 2. The molecular weight excluding hydrogens is 314 g/mol. The first-order valence-corrected chi connectivity index (χ1v) is 8.59. The molecule has 2 unspecified atom stereocenters. The number of benzene rings is 1. The second-order valence-electron chi connectivity index (χ2n) is 6.18. The predicted octanol–water partition coefficient (Wildman–Crippen LogP) is 1.70. The highest BCUT2D eigenvalue weighted by Gasteiger charge is 2.37. The maximum Gasteiger partial charge on any atom is 0.243 e. The number of rotatable bonds is 4. The van der Waals surface area contributed by atoms with Crippen LogP contribution in [0.15, 0.2) is 24.3 Å². The quantitative estimate of drug-likeness (QED) is 0.880. The molecule has 2 amide bonds. The number of carbonyl (C=O) groups is 2. The van der Waals surface area contributed by atoms with Gasteiger partial charge in [0.05, 0.1) is 6.04 Å². The fraction of sp³-hybridized carbons (Fsp3) is 0.529. The van der Waals surface area contributed by atoms with E-state index in [1.54, 1.807) is 17.0 Å². The van der Waals surface area contributed by atoms with Gasteiger partial charge in [-0.2, -0.15) is 0 Å². The van der Waals surface area contributed by atoms with Crippen molar-refractivity contribution in [1.82, 2.24) is 15.5 Å². The Balaban J connectivity index is 1.57. The zero-order valence-electron chi connectivity index (χ0n) is 13.1. The molecule has 2 heterocycles. The summed E-state index contributed by atoms with van der Waals surface area (Å²) >= 11 is 5.86. The summed E-state index contributed by atoms with van der Waals surface area (Å²) in [7, 11) is 0. The minimum atomic E-state index is -0.336. The van der Waals surface area contributed by atoms with Gasteiger partial charge < -0.3 is 15.5 Å². The van der Waals surface area contributed by atoms with Crippen LogP contribution in [0.5, 0.6) is 0 Å². The molecule has 2 N–H and O–H groups in total. The summed E-state index contributed by atoms with van der Waals surface area (Å²) < 4.78 is 0. The molecule has 0 radical (unpaired) electrons. The highest BCUT2D eigenvalue weighted by atomic mass is 35.5. The van der Waals surface area contributed by atoms with Crippen LogP contribution in [-0.2, 0) is 16.1 Å². The molecule has 5 nitrogen and oxygen atoms in total. The van der Waals surface area contributed by atoms with E-state index < -0.39 is 0 Å². The van der Waals surface area contributed by atoms with Gasteiger partial charge >= 0.3 is 0 Å². The third kappa shape index (κ3) is 3.85. The smallest absolute Gasteiger partial charge is 0.243 e. The Morgan fingerprint density at radius 2 is 2.00 bits per heavy atom. The van der Waals surface area contributed by atoms with Crippen molar-refractivity contribution in [3.05, 3.63) is 34.9 Å². The van der Waals surface area contributed by atoms with Gasteiger partial charge in [-0.15, -0.1) is 0 Å². The van der Waals surface area contributed by atoms with E-state index in [-0.39, 0.29) is 23.9 Å². The summed E-state index contributed by atoms with van der Waals surface area (Å²) in [5.41, 5.74) is 0.996. The van der Waals surface area contributed by atoms with Crippen LogP contribution in [0.4, 0.5) is 0 Å². The van der Waals surface area contributed by atoms with E-state index in [9.17, 15) is 9.59 Å². The Bertz CT molecular complexity index is 570. The molecule has 0 aliphatic carbocycles. The normalized spacial score (nSPS) is 24.0. The largest absolute Gasteiger partial charge is 0.350 e. The number of likely N-dealkylation sites (tertiary alicyclic amines) is 1. The molecule has 2 aliphatic rings. The molecule has 2 aliphatic heterocycles. The fourth-order valence-electron chi connectivity index (χ4n) is 3.31. The Morgan fingerprint density at radius 1 is 1.22 bits per heavy atom. The van der Waals surface area contributed by atoms with Crippen molar-refractivity contribution >= 4 is 23.4 Å². The first kappa shape index (κ1) is 16.3. The van der Waals surface area contributed by atoms with Crippen LogP contribution in [-0.4, -0.2) is 41.9 Å². The number of hydrogen-bond acceptors (Lipinski definition) is 3. The van der Waals surface area contributed by atoms with Crippen molar-refractivity contribution in [3.63, 3.8) is 0 Å². The summed E-state index contributed by atoms with van der Waals surface area (Å²) in [6, 6.07) is 6.95. The van der Waals surface area contributed by atoms with Gasteiger partial charge in [0, 0.05) is 18.1 Å². The third-order valence-corrected chi connectivity index (χ3v) is 4.83. The van der Waals surface area contributed by atoms with Crippen molar-refractivity contribution in [1.29, 1.82) is 0 Å². The van der Waals surface area contributed by atoms with Crippen LogP contribution in [0.25, 0.3) is 0 Å². The SMILES string of the molecule is O=C(NCc1ccc(Cl)cc1)C1CCCN1C(=O)C1CCCN1. The average Bonchev–Trinajstić information content (AvgIpc) is 3.24. The minimum absolute atomic E-state index is 0.0659. The lowest BCUT2D eigenvalue weighted by atomic mass is 10.1. The van der Waals surface area contributed by atoms with E-state index in [1.165, 1.54) is 0 Å². The molecular formula is C17H22ClN3O2. The Labute approximate surface area is 141 Å². The molecule has 1 aromatic carbocycles. The summed E-state index contributed by atoms with van der Waals surface area (Å²) in [4.78, 5) is 26.8. The van der Waals surface area contributed by atoms with Gasteiger partial charge in [-0.3, -0.25) is 9.59 Å². The lowest BCUT2D eigenvalue weighted by Gasteiger charge is -2.26. The molecule has 0 saturated carbocycles.